The number of furan rings is 1. The van der Waals surface area contributed by atoms with Crippen LogP contribution in [0.2, 0.25) is 0 Å². The summed E-state index contributed by atoms with van der Waals surface area (Å²) in [5.74, 6) is 1.13. The highest BCUT2D eigenvalue weighted by Gasteiger charge is 2.34. The summed E-state index contributed by atoms with van der Waals surface area (Å²) >= 11 is 0.935. The predicted molar refractivity (Wildman–Crippen MR) is 83.0 cm³/mol. The Morgan fingerprint density at radius 3 is 2.76 bits per heavy atom. The molecule has 2 aliphatic rings. The van der Waals surface area contributed by atoms with Crippen molar-refractivity contribution in [3.05, 3.63) is 35.5 Å². The van der Waals surface area contributed by atoms with Crippen molar-refractivity contribution in [3.8, 4) is 0 Å². The van der Waals surface area contributed by atoms with E-state index in [1.165, 1.54) is 23.8 Å². The van der Waals surface area contributed by atoms with Gasteiger partial charge in [-0.25, -0.2) is 0 Å². The third kappa shape index (κ3) is 2.76. The smallest absolute Gasteiger partial charge is 0.293 e. The SMILES string of the molecule is C=CCN1C(=O)S/C(=C/c2ccc(N3CCCC3)o2)C1=O. The van der Waals surface area contributed by atoms with Gasteiger partial charge < -0.3 is 9.32 Å². The molecule has 0 aromatic carbocycles. The standard InChI is InChI=1S/C15H16N2O3S/c1-2-7-17-14(18)12(21-15(17)19)10-11-5-6-13(20-11)16-8-3-4-9-16/h2,5-6,10H,1,3-4,7-9H2/b12-10+. The number of rotatable bonds is 4. The summed E-state index contributed by atoms with van der Waals surface area (Å²) in [6.07, 6.45) is 5.53. The van der Waals surface area contributed by atoms with Crippen molar-refractivity contribution in [3.63, 3.8) is 0 Å². The number of thioether (sulfide) groups is 1. The summed E-state index contributed by atoms with van der Waals surface area (Å²) in [4.78, 5) is 27.6. The fourth-order valence-electron chi connectivity index (χ4n) is 2.44. The Hall–Kier alpha value is -1.95. The van der Waals surface area contributed by atoms with E-state index >= 15 is 0 Å². The van der Waals surface area contributed by atoms with Crippen molar-refractivity contribution in [2.75, 3.05) is 24.5 Å². The molecule has 1 aromatic rings. The summed E-state index contributed by atoms with van der Waals surface area (Å²) in [5, 5.41) is -0.266. The molecule has 0 aliphatic carbocycles. The molecule has 110 valence electrons. The number of hydrogen-bond acceptors (Lipinski definition) is 5. The zero-order valence-electron chi connectivity index (χ0n) is 11.6. The van der Waals surface area contributed by atoms with Gasteiger partial charge in [0.1, 0.15) is 5.76 Å². The van der Waals surface area contributed by atoms with Crippen LogP contribution in [-0.2, 0) is 4.79 Å². The van der Waals surface area contributed by atoms with Crippen molar-refractivity contribution < 1.29 is 14.0 Å². The summed E-state index contributed by atoms with van der Waals surface area (Å²) in [6.45, 7) is 5.79. The minimum atomic E-state index is -0.288. The first-order valence-corrected chi connectivity index (χ1v) is 7.72. The highest BCUT2D eigenvalue weighted by Crippen LogP contribution is 2.33. The number of nitrogens with zero attached hydrogens (tertiary/aromatic N) is 2. The van der Waals surface area contributed by atoms with E-state index in [-0.39, 0.29) is 17.7 Å². The van der Waals surface area contributed by atoms with Gasteiger partial charge in [0.05, 0.1) is 4.91 Å². The lowest BCUT2D eigenvalue weighted by Crippen LogP contribution is -2.27. The van der Waals surface area contributed by atoms with E-state index in [0.717, 1.165) is 30.7 Å². The zero-order valence-corrected chi connectivity index (χ0v) is 12.4. The van der Waals surface area contributed by atoms with Crippen LogP contribution in [0.3, 0.4) is 0 Å². The molecule has 0 saturated carbocycles. The van der Waals surface area contributed by atoms with Gasteiger partial charge in [-0.3, -0.25) is 14.5 Å². The number of imide groups is 1. The molecule has 0 atom stereocenters. The number of carbonyl (C=O) groups is 2. The Balaban J connectivity index is 1.77. The van der Waals surface area contributed by atoms with Crippen LogP contribution in [0, 0.1) is 0 Å². The normalized spacial score (nSPS) is 20.9. The molecule has 3 heterocycles. The van der Waals surface area contributed by atoms with Crippen LogP contribution < -0.4 is 4.90 Å². The van der Waals surface area contributed by atoms with Gasteiger partial charge in [0.25, 0.3) is 11.1 Å². The predicted octanol–water partition coefficient (Wildman–Crippen LogP) is 3.10. The summed E-state index contributed by atoms with van der Waals surface area (Å²) < 4.78 is 5.74. The molecule has 2 amide bonds. The monoisotopic (exact) mass is 304 g/mol. The Morgan fingerprint density at radius 1 is 1.29 bits per heavy atom. The number of amides is 2. The van der Waals surface area contributed by atoms with E-state index in [2.05, 4.69) is 11.5 Å². The van der Waals surface area contributed by atoms with E-state index in [1.807, 2.05) is 12.1 Å². The van der Waals surface area contributed by atoms with Gasteiger partial charge in [0.2, 0.25) is 0 Å². The highest BCUT2D eigenvalue weighted by molar-refractivity contribution is 8.18. The van der Waals surface area contributed by atoms with Crippen LogP contribution >= 0.6 is 11.8 Å². The van der Waals surface area contributed by atoms with Crippen LogP contribution in [-0.4, -0.2) is 35.7 Å². The average molecular weight is 304 g/mol. The van der Waals surface area contributed by atoms with Gasteiger partial charge in [0, 0.05) is 31.8 Å². The molecular weight excluding hydrogens is 288 g/mol. The molecule has 2 fully saturated rings. The largest absolute Gasteiger partial charge is 0.441 e. The minimum absolute atomic E-state index is 0.235. The maximum absolute atomic E-state index is 12.1. The maximum atomic E-state index is 12.1. The molecule has 2 saturated heterocycles. The maximum Gasteiger partial charge on any atom is 0.293 e. The Morgan fingerprint density at radius 2 is 2.05 bits per heavy atom. The molecule has 1 aromatic heterocycles. The fraction of sp³-hybridized carbons (Fsp3) is 0.333. The second-order valence-electron chi connectivity index (χ2n) is 4.95. The fourth-order valence-corrected chi connectivity index (χ4v) is 3.27. The zero-order chi connectivity index (χ0) is 14.8. The Bertz CT molecular complexity index is 614. The first-order chi connectivity index (χ1) is 10.2. The Labute approximate surface area is 127 Å². The molecule has 21 heavy (non-hydrogen) atoms. The van der Waals surface area contributed by atoms with Crippen LogP contribution in [0.25, 0.3) is 6.08 Å². The van der Waals surface area contributed by atoms with Crippen molar-refractivity contribution in [1.82, 2.24) is 4.90 Å². The minimum Gasteiger partial charge on any atom is -0.441 e. The Kier molecular flexibility index (Phi) is 3.88. The highest BCUT2D eigenvalue weighted by atomic mass is 32.2. The van der Waals surface area contributed by atoms with Gasteiger partial charge in [-0.1, -0.05) is 6.08 Å². The molecular formula is C15H16N2O3S. The topological polar surface area (TPSA) is 53.8 Å². The van der Waals surface area contributed by atoms with Gasteiger partial charge in [0.15, 0.2) is 5.88 Å². The molecule has 6 heteroatoms. The molecule has 3 rings (SSSR count). The van der Waals surface area contributed by atoms with Crippen LogP contribution in [0.15, 0.2) is 34.1 Å². The molecule has 0 bridgehead atoms. The van der Waals surface area contributed by atoms with E-state index in [0.29, 0.717) is 10.7 Å². The number of anilines is 1. The van der Waals surface area contributed by atoms with E-state index in [9.17, 15) is 9.59 Å². The first kappa shape index (κ1) is 14.0. The number of hydrogen-bond donors (Lipinski definition) is 0. The first-order valence-electron chi connectivity index (χ1n) is 6.90. The van der Waals surface area contributed by atoms with Gasteiger partial charge >= 0.3 is 0 Å². The molecule has 0 spiro atoms. The second kappa shape index (κ2) is 5.81. The van der Waals surface area contributed by atoms with Crippen molar-refractivity contribution in [2.24, 2.45) is 0 Å². The summed E-state index contributed by atoms with van der Waals surface area (Å²) in [7, 11) is 0. The third-order valence-corrected chi connectivity index (χ3v) is 4.40. The van der Waals surface area contributed by atoms with Gasteiger partial charge in [-0.05, 0) is 30.7 Å². The lowest BCUT2D eigenvalue weighted by atomic mass is 10.3. The van der Waals surface area contributed by atoms with Crippen LogP contribution in [0.4, 0.5) is 10.7 Å². The van der Waals surface area contributed by atoms with Crippen LogP contribution in [0.1, 0.15) is 18.6 Å². The quantitative estimate of drug-likeness (QED) is 0.632. The third-order valence-electron chi connectivity index (χ3n) is 3.49. The lowest BCUT2D eigenvalue weighted by molar-refractivity contribution is -0.122. The van der Waals surface area contributed by atoms with Crippen molar-refractivity contribution in [2.45, 2.75) is 12.8 Å². The molecule has 0 radical (unpaired) electrons. The molecule has 0 N–H and O–H groups in total. The summed E-state index contributed by atoms with van der Waals surface area (Å²) in [5.41, 5.74) is 0. The van der Waals surface area contributed by atoms with E-state index < -0.39 is 0 Å². The second-order valence-corrected chi connectivity index (χ2v) is 5.94. The number of carbonyl (C=O) groups excluding carboxylic acids is 2. The van der Waals surface area contributed by atoms with E-state index in [1.54, 1.807) is 6.08 Å². The van der Waals surface area contributed by atoms with Gasteiger partial charge in [-0.2, -0.15) is 0 Å². The van der Waals surface area contributed by atoms with Crippen LogP contribution in [0.5, 0.6) is 0 Å². The lowest BCUT2D eigenvalue weighted by Gasteiger charge is -2.12. The van der Waals surface area contributed by atoms with Gasteiger partial charge in [-0.15, -0.1) is 6.58 Å². The molecule has 2 aliphatic heterocycles. The average Bonchev–Trinajstić information content (AvgIpc) is 3.17. The van der Waals surface area contributed by atoms with Crippen molar-refractivity contribution >= 4 is 34.9 Å². The molecule has 0 unspecified atom stereocenters. The molecule has 5 nitrogen and oxygen atoms in total. The van der Waals surface area contributed by atoms with Crippen molar-refractivity contribution in [1.29, 1.82) is 0 Å². The summed E-state index contributed by atoms with van der Waals surface area (Å²) in [6, 6.07) is 3.74. The van der Waals surface area contributed by atoms with E-state index in [4.69, 9.17) is 4.42 Å².